The average Bonchev–Trinajstić information content (AvgIpc) is 2.65. The Morgan fingerprint density at radius 3 is 1.42 bits per heavy atom. The zero-order valence-corrected chi connectivity index (χ0v) is 18.6. The van der Waals surface area contributed by atoms with Crippen molar-refractivity contribution >= 4 is 43.8 Å². The number of aliphatic hydroxyl groups excluding tert-OH is 1. The topological polar surface area (TPSA) is 72.8 Å². The van der Waals surface area contributed by atoms with Gasteiger partial charge in [0.2, 0.25) is 0 Å². The van der Waals surface area contributed by atoms with E-state index in [0.717, 1.165) is 74.2 Å². The SMILES string of the molecule is C=CCO.O=C(/C=C/C(=O)OCCCCCCBr)OCCCCCCBr. The number of rotatable bonds is 15. The Bertz CT molecular complexity index is 343. The summed E-state index contributed by atoms with van der Waals surface area (Å²) >= 11 is 6.74. The summed E-state index contributed by atoms with van der Waals surface area (Å²) in [6.07, 6.45) is 12.0. The molecule has 152 valence electrons. The highest BCUT2D eigenvalue weighted by molar-refractivity contribution is 9.09. The third kappa shape index (κ3) is 25.6. The van der Waals surface area contributed by atoms with Gasteiger partial charge < -0.3 is 14.6 Å². The van der Waals surface area contributed by atoms with Crippen LogP contribution in [0.25, 0.3) is 0 Å². The number of carbonyl (C=O) groups is 2. The second-order valence-electron chi connectivity index (χ2n) is 5.35. The van der Waals surface area contributed by atoms with Gasteiger partial charge in [0, 0.05) is 22.8 Å². The largest absolute Gasteiger partial charge is 0.463 e. The van der Waals surface area contributed by atoms with Crippen LogP contribution in [0.15, 0.2) is 24.8 Å². The van der Waals surface area contributed by atoms with Crippen LogP contribution in [0.4, 0.5) is 0 Å². The minimum atomic E-state index is -0.491. The smallest absolute Gasteiger partial charge is 0.331 e. The summed E-state index contributed by atoms with van der Waals surface area (Å²) < 4.78 is 9.99. The van der Waals surface area contributed by atoms with Crippen LogP contribution in [0.1, 0.15) is 51.4 Å². The molecule has 0 bridgehead atoms. The average molecular weight is 500 g/mol. The number of hydrogen-bond acceptors (Lipinski definition) is 5. The first-order valence-electron chi connectivity index (χ1n) is 8.97. The molecule has 0 spiro atoms. The van der Waals surface area contributed by atoms with Crippen LogP contribution in [-0.2, 0) is 19.1 Å². The summed E-state index contributed by atoms with van der Waals surface area (Å²) in [5, 5.41) is 9.77. The van der Waals surface area contributed by atoms with Crippen molar-refractivity contribution in [2.24, 2.45) is 0 Å². The predicted octanol–water partition coefficient (Wildman–Crippen LogP) is 4.70. The lowest BCUT2D eigenvalue weighted by Crippen LogP contribution is -2.06. The van der Waals surface area contributed by atoms with E-state index >= 15 is 0 Å². The number of alkyl halides is 2. The molecule has 7 heteroatoms. The fraction of sp³-hybridized carbons (Fsp3) is 0.684. The lowest BCUT2D eigenvalue weighted by Gasteiger charge is -2.02. The van der Waals surface area contributed by atoms with E-state index in [-0.39, 0.29) is 6.61 Å². The molecule has 0 unspecified atom stereocenters. The first kappa shape index (κ1) is 27.6. The predicted molar refractivity (Wildman–Crippen MR) is 113 cm³/mol. The van der Waals surface area contributed by atoms with Gasteiger partial charge in [-0.3, -0.25) is 0 Å². The van der Waals surface area contributed by atoms with Gasteiger partial charge in [0.15, 0.2) is 0 Å². The van der Waals surface area contributed by atoms with Crippen LogP contribution < -0.4 is 0 Å². The molecule has 0 aromatic heterocycles. The zero-order valence-electron chi connectivity index (χ0n) is 15.5. The molecule has 0 aliphatic carbocycles. The molecule has 0 amide bonds. The fourth-order valence-electron chi connectivity index (χ4n) is 1.68. The van der Waals surface area contributed by atoms with E-state index in [2.05, 4.69) is 38.4 Å². The Hall–Kier alpha value is -0.660. The number of esters is 2. The number of ether oxygens (including phenoxy) is 2. The second-order valence-corrected chi connectivity index (χ2v) is 6.93. The molecule has 5 nitrogen and oxygen atoms in total. The molecule has 0 fully saturated rings. The van der Waals surface area contributed by atoms with Crippen molar-refractivity contribution in [3.63, 3.8) is 0 Å². The molecule has 0 saturated carbocycles. The molecule has 0 aliphatic rings. The zero-order chi connectivity index (χ0) is 19.9. The van der Waals surface area contributed by atoms with Crippen LogP contribution in [0, 0.1) is 0 Å². The maximum atomic E-state index is 11.4. The molecule has 0 aromatic carbocycles. The van der Waals surface area contributed by atoms with Gasteiger partial charge in [-0.2, -0.15) is 0 Å². The molecule has 0 aliphatic heterocycles. The Labute approximate surface area is 174 Å². The molecule has 0 rings (SSSR count). The van der Waals surface area contributed by atoms with E-state index in [1.165, 1.54) is 6.08 Å². The maximum Gasteiger partial charge on any atom is 0.331 e. The first-order chi connectivity index (χ1) is 12.6. The van der Waals surface area contributed by atoms with Crippen molar-refractivity contribution in [3.05, 3.63) is 24.8 Å². The van der Waals surface area contributed by atoms with Gasteiger partial charge in [-0.1, -0.05) is 63.6 Å². The fourth-order valence-corrected chi connectivity index (χ4v) is 2.47. The highest BCUT2D eigenvalue weighted by Gasteiger charge is 2.01. The van der Waals surface area contributed by atoms with Gasteiger partial charge in [-0.25, -0.2) is 9.59 Å². The van der Waals surface area contributed by atoms with Gasteiger partial charge in [-0.05, 0) is 25.7 Å². The number of carbonyl (C=O) groups excluding carboxylic acids is 2. The van der Waals surface area contributed by atoms with Crippen LogP contribution >= 0.6 is 31.9 Å². The Morgan fingerprint density at radius 2 is 1.12 bits per heavy atom. The Morgan fingerprint density at radius 1 is 0.769 bits per heavy atom. The second kappa shape index (κ2) is 24.3. The number of halogens is 2. The maximum absolute atomic E-state index is 11.4. The van der Waals surface area contributed by atoms with Crippen molar-refractivity contribution in [3.8, 4) is 0 Å². The first-order valence-corrected chi connectivity index (χ1v) is 11.2. The number of hydrogen-bond donors (Lipinski definition) is 1. The van der Waals surface area contributed by atoms with E-state index in [9.17, 15) is 9.59 Å². The lowest BCUT2D eigenvalue weighted by molar-refractivity contribution is -0.140. The highest BCUT2D eigenvalue weighted by Crippen LogP contribution is 2.03. The lowest BCUT2D eigenvalue weighted by atomic mass is 10.2. The number of aliphatic hydroxyl groups is 1. The Kier molecular flexibility index (Phi) is 25.8. The molecule has 0 radical (unpaired) electrons. The van der Waals surface area contributed by atoms with Crippen LogP contribution in [-0.4, -0.2) is 47.5 Å². The monoisotopic (exact) mass is 498 g/mol. The highest BCUT2D eigenvalue weighted by atomic mass is 79.9. The van der Waals surface area contributed by atoms with Gasteiger partial charge >= 0.3 is 11.9 Å². The summed E-state index contributed by atoms with van der Waals surface area (Å²) in [7, 11) is 0. The third-order valence-corrected chi connectivity index (χ3v) is 4.15. The van der Waals surface area contributed by atoms with Gasteiger partial charge in [-0.15, -0.1) is 6.58 Å². The molecule has 0 aromatic rings. The van der Waals surface area contributed by atoms with Crippen LogP contribution in [0.5, 0.6) is 0 Å². The summed E-state index contributed by atoms with van der Waals surface area (Å²) in [6, 6.07) is 0. The van der Waals surface area contributed by atoms with E-state index in [0.29, 0.717) is 13.2 Å². The molecular weight excluding hydrogens is 468 g/mol. The van der Waals surface area contributed by atoms with Crippen LogP contribution in [0.2, 0.25) is 0 Å². The molecule has 0 saturated heterocycles. The van der Waals surface area contributed by atoms with E-state index in [4.69, 9.17) is 14.6 Å². The minimum Gasteiger partial charge on any atom is -0.463 e. The van der Waals surface area contributed by atoms with E-state index in [1.807, 2.05) is 0 Å². The molecule has 0 heterocycles. The minimum absolute atomic E-state index is 0.0833. The molecule has 0 atom stereocenters. The normalized spacial score (nSPS) is 10.1. The molecule has 1 N–H and O–H groups in total. The molecule has 26 heavy (non-hydrogen) atoms. The van der Waals surface area contributed by atoms with Crippen molar-refractivity contribution in [1.82, 2.24) is 0 Å². The molecular formula is C19H32Br2O5. The van der Waals surface area contributed by atoms with Gasteiger partial charge in [0.05, 0.1) is 19.8 Å². The van der Waals surface area contributed by atoms with Crippen molar-refractivity contribution in [2.75, 3.05) is 30.5 Å². The van der Waals surface area contributed by atoms with Crippen LogP contribution in [0.3, 0.4) is 0 Å². The van der Waals surface area contributed by atoms with E-state index < -0.39 is 11.9 Å². The van der Waals surface area contributed by atoms with Crippen molar-refractivity contribution in [1.29, 1.82) is 0 Å². The summed E-state index contributed by atoms with van der Waals surface area (Å²) in [4.78, 5) is 22.7. The van der Waals surface area contributed by atoms with Crippen molar-refractivity contribution < 1.29 is 24.2 Å². The number of unbranched alkanes of at least 4 members (excludes halogenated alkanes) is 6. The quantitative estimate of drug-likeness (QED) is 0.116. The summed E-state index contributed by atoms with van der Waals surface area (Å²) in [5.74, 6) is -0.982. The van der Waals surface area contributed by atoms with E-state index in [1.54, 1.807) is 0 Å². The Balaban J connectivity index is 0. The van der Waals surface area contributed by atoms with Crippen molar-refractivity contribution in [2.45, 2.75) is 51.4 Å². The third-order valence-electron chi connectivity index (χ3n) is 3.03. The summed E-state index contributed by atoms with van der Waals surface area (Å²) in [5.41, 5.74) is 0. The summed E-state index contributed by atoms with van der Waals surface area (Å²) in [6.45, 7) is 4.11. The standard InChI is InChI=1S/C16H26Br2O4.C3H6O/c17-11-5-1-3-7-13-21-15(19)9-10-16(20)22-14-8-4-2-6-12-18;1-2-3-4/h9-10H,1-8,11-14H2;2,4H,1,3H2/b10-9+;. The van der Waals surface area contributed by atoms with Gasteiger partial charge in [0.1, 0.15) is 0 Å². The van der Waals surface area contributed by atoms with Gasteiger partial charge in [0.25, 0.3) is 0 Å².